The lowest BCUT2D eigenvalue weighted by Gasteiger charge is -2.17. The molecule has 1 aromatic heterocycles. The fourth-order valence-electron chi connectivity index (χ4n) is 2.52. The van der Waals surface area contributed by atoms with Crippen molar-refractivity contribution in [3.05, 3.63) is 52.2 Å². The van der Waals surface area contributed by atoms with Crippen molar-refractivity contribution >= 4 is 44.7 Å². The number of amides is 1. The highest BCUT2D eigenvalue weighted by Crippen LogP contribution is 2.25. The Hall–Kier alpha value is -2.12. The lowest BCUT2D eigenvalue weighted by atomic mass is 10.2. The smallest absolute Gasteiger partial charge is 0.251 e. The maximum absolute atomic E-state index is 12.2. The first-order valence-corrected chi connectivity index (χ1v) is 10.1. The molecule has 1 aliphatic heterocycles. The van der Waals surface area contributed by atoms with E-state index >= 15 is 0 Å². The van der Waals surface area contributed by atoms with Crippen LogP contribution in [0.25, 0.3) is 6.08 Å². The first-order chi connectivity index (χ1) is 11.5. The Balaban J connectivity index is 1.69. The van der Waals surface area contributed by atoms with Crippen LogP contribution in [-0.4, -0.2) is 26.6 Å². The van der Waals surface area contributed by atoms with E-state index in [-0.39, 0.29) is 11.7 Å². The summed E-state index contributed by atoms with van der Waals surface area (Å²) in [6.45, 7) is 2.27. The number of rotatable bonds is 4. The third-order valence-corrected chi connectivity index (χ3v) is 6.46. The van der Waals surface area contributed by atoms with E-state index in [9.17, 15) is 13.2 Å². The first kappa shape index (κ1) is 16.7. The topological polar surface area (TPSA) is 66.5 Å². The predicted molar refractivity (Wildman–Crippen MR) is 98.8 cm³/mol. The minimum atomic E-state index is -3.18. The molecule has 0 bridgehead atoms. The Morgan fingerprint density at radius 3 is 2.58 bits per heavy atom. The third kappa shape index (κ3) is 3.68. The highest BCUT2D eigenvalue weighted by Gasteiger charge is 2.28. The Morgan fingerprint density at radius 1 is 1.25 bits per heavy atom. The van der Waals surface area contributed by atoms with Crippen molar-refractivity contribution in [2.45, 2.75) is 13.3 Å². The average molecular weight is 362 g/mol. The van der Waals surface area contributed by atoms with E-state index in [1.165, 1.54) is 4.31 Å². The fourth-order valence-corrected chi connectivity index (χ4v) is 4.80. The molecule has 126 valence electrons. The molecule has 1 aliphatic rings. The van der Waals surface area contributed by atoms with Crippen molar-refractivity contribution in [1.82, 2.24) is 0 Å². The van der Waals surface area contributed by atoms with Gasteiger partial charge in [0, 0.05) is 22.7 Å². The summed E-state index contributed by atoms with van der Waals surface area (Å²) < 4.78 is 25.2. The number of nitrogens with one attached hydrogen (secondary N) is 1. The zero-order chi connectivity index (χ0) is 17.2. The van der Waals surface area contributed by atoms with Crippen LogP contribution >= 0.6 is 11.3 Å². The maximum Gasteiger partial charge on any atom is 0.251 e. The van der Waals surface area contributed by atoms with Crippen LogP contribution in [0.15, 0.2) is 47.4 Å². The molecule has 5 nitrogen and oxygen atoms in total. The molecule has 1 saturated heterocycles. The van der Waals surface area contributed by atoms with Gasteiger partial charge < -0.3 is 5.32 Å². The molecule has 3 rings (SSSR count). The number of anilines is 2. The Bertz CT molecular complexity index is 854. The van der Waals surface area contributed by atoms with E-state index in [0.29, 0.717) is 29.9 Å². The van der Waals surface area contributed by atoms with Crippen LogP contribution in [0.3, 0.4) is 0 Å². The summed E-state index contributed by atoms with van der Waals surface area (Å²) in [6.07, 6.45) is 2.48. The van der Waals surface area contributed by atoms with Gasteiger partial charge in [-0.05, 0) is 55.1 Å². The van der Waals surface area contributed by atoms with Gasteiger partial charge in [0.05, 0.1) is 11.4 Å². The van der Waals surface area contributed by atoms with Crippen molar-refractivity contribution in [2.75, 3.05) is 21.9 Å². The monoisotopic (exact) mass is 362 g/mol. The van der Waals surface area contributed by atoms with Crippen LogP contribution in [-0.2, 0) is 14.8 Å². The molecule has 2 heterocycles. The van der Waals surface area contributed by atoms with Crippen molar-refractivity contribution in [2.24, 2.45) is 0 Å². The van der Waals surface area contributed by atoms with Gasteiger partial charge in [0.2, 0.25) is 10.0 Å². The van der Waals surface area contributed by atoms with Crippen molar-refractivity contribution in [3.63, 3.8) is 0 Å². The van der Waals surface area contributed by atoms with Gasteiger partial charge in [-0.3, -0.25) is 9.10 Å². The van der Waals surface area contributed by atoms with Gasteiger partial charge in [0.1, 0.15) is 0 Å². The molecule has 0 atom stereocenters. The van der Waals surface area contributed by atoms with E-state index in [1.807, 2.05) is 23.6 Å². The lowest BCUT2D eigenvalue weighted by molar-refractivity contribution is -0.112. The zero-order valence-electron chi connectivity index (χ0n) is 13.2. The molecule has 1 aromatic carbocycles. The molecule has 7 heteroatoms. The van der Waals surface area contributed by atoms with E-state index < -0.39 is 10.0 Å². The van der Waals surface area contributed by atoms with Gasteiger partial charge >= 0.3 is 0 Å². The summed E-state index contributed by atoms with van der Waals surface area (Å²) in [7, 11) is -3.18. The summed E-state index contributed by atoms with van der Waals surface area (Å²) >= 11 is 1.57. The van der Waals surface area contributed by atoms with Crippen LogP contribution in [0.5, 0.6) is 0 Å². The molecule has 1 N–H and O–H groups in total. The zero-order valence-corrected chi connectivity index (χ0v) is 14.9. The standard InChI is InChI=1S/C17H18N2O3S2/c1-13(12-16-4-2-10-23-16)17(20)18-14-5-7-15(8-6-14)19-9-3-11-24(19,21)22/h2,4-8,10,12H,3,9,11H2,1H3,(H,18,20)/b13-12+. The molecule has 0 spiro atoms. The first-order valence-electron chi connectivity index (χ1n) is 7.59. The van der Waals surface area contributed by atoms with Gasteiger partial charge in [0.15, 0.2) is 0 Å². The van der Waals surface area contributed by atoms with Gasteiger partial charge in [-0.25, -0.2) is 8.42 Å². The SMILES string of the molecule is C/C(=C\c1cccs1)C(=O)Nc1ccc(N2CCCS2(=O)=O)cc1. The molecule has 0 aliphatic carbocycles. The molecule has 24 heavy (non-hydrogen) atoms. The molecule has 0 unspecified atom stereocenters. The number of carbonyl (C=O) groups is 1. The van der Waals surface area contributed by atoms with E-state index in [4.69, 9.17) is 0 Å². The molecule has 0 radical (unpaired) electrons. The highest BCUT2D eigenvalue weighted by atomic mass is 32.2. The van der Waals surface area contributed by atoms with Crippen molar-refractivity contribution in [3.8, 4) is 0 Å². The van der Waals surface area contributed by atoms with Crippen LogP contribution in [0.2, 0.25) is 0 Å². The van der Waals surface area contributed by atoms with Crippen LogP contribution in [0.4, 0.5) is 11.4 Å². The van der Waals surface area contributed by atoms with Crippen molar-refractivity contribution in [1.29, 1.82) is 0 Å². The number of hydrogen-bond acceptors (Lipinski definition) is 4. The van der Waals surface area contributed by atoms with Crippen LogP contribution < -0.4 is 9.62 Å². The quantitative estimate of drug-likeness (QED) is 0.849. The van der Waals surface area contributed by atoms with E-state index in [2.05, 4.69) is 5.32 Å². The number of benzene rings is 1. The summed E-state index contributed by atoms with van der Waals surface area (Å²) in [6, 6.07) is 10.8. The number of thiophene rings is 1. The summed E-state index contributed by atoms with van der Waals surface area (Å²) in [5.41, 5.74) is 1.89. The Labute approximate surface area is 145 Å². The molecule has 2 aromatic rings. The molecular weight excluding hydrogens is 344 g/mol. The second-order valence-corrected chi connectivity index (χ2v) is 8.58. The molecule has 1 fully saturated rings. The number of nitrogens with zero attached hydrogens (tertiary/aromatic N) is 1. The second kappa shape index (κ2) is 6.78. The molecule has 1 amide bonds. The molecular formula is C17H18N2O3S2. The predicted octanol–water partition coefficient (Wildman–Crippen LogP) is 3.33. The normalized spacial score (nSPS) is 17.0. The van der Waals surface area contributed by atoms with Crippen molar-refractivity contribution < 1.29 is 13.2 Å². The van der Waals surface area contributed by atoms with Gasteiger partial charge in [-0.15, -0.1) is 11.3 Å². The largest absolute Gasteiger partial charge is 0.322 e. The summed E-state index contributed by atoms with van der Waals surface area (Å²) in [5, 5.41) is 4.78. The van der Waals surface area contributed by atoms with Gasteiger partial charge in [-0.1, -0.05) is 6.07 Å². The molecule has 0 saturated carbocycles. The average Bonchev–Trinajstić information content (AvgIpc) is 3.17. The van der Waals surface area contributed by atoms with Gasteiger partial charge in [0.25, 0.3) is 5.91 Å². The number of sulfonamides is 1. The number of carbonyl (C=O) groups excluding carboxylic acids is 1. The second-order valence-electron chi connectivity index (χ2n) is 5.59. The Kier molecular flexibility index (Phi) is 4.73. The lowest BCUT2D eigenvalue weighted by Crippen LogP contribution is -2.25. The fraction of sp³-hybridized carbons (Fsp3) is 0.235. The minimum Gasteiger partial charge on any atom is -0.322 e. The maximum atomic E-state index is 12.2. The minimum absolute atomic E-state index is 0.176. The summed E-state index contributed by atoms with van der Waals surface area (Å²) in [4.78, 5) is 13.2. The van der Waals surface area contributed by atoms with E-state index in [0.717, 1.165) is 4.88 Å². The van der Waals surface area contributed by atoms with Crippen LogP contribution in [0, 0.1) is 0 Å². The Morgan fingerprint density at radius 2 is 2.00 bits per heavy atom. The van der Waals surface area contributed by atoms with E-state index in [1.54, 1.807) is 42.5 Å². The highest BCUT2D eigenvalue weighted by molar-refractivity contribution is 7.93. The summed E-state index contributed by atoms with van der Waals surface area (Å²) in [5.74, 6) is 0.0167. The van der Waals surface area contributed by atoms with Gasteiger partial charge in [-0.2, -0.15) is 0 Å². The number of hydrogen-bond donors (Lipinski definition) is 1. The third-order valence-electron chi connectivity index (χ3n) is 3.77. The van der Waals surface area contributed by atoms with Crippen LogP contribution in [0.1, 0.15) is 18.2 Å².